The molecule has 0 aliphatic carbocycles. The number of hydrogen-bond donors (Lipinski definition) is 0. The Morgan fingerprint density at radius 1 is 0.789 bits per heavy atom. The van der Waals surface area contributed by atoms with Crippen LogP contribution in [0.25, 0.3) is 0 Å². The molecule has 0 aromatic carbocycles. The molecule has 104 valence electrons. The van der Waals surface area contributed by atoms with Gasteiger partial charge in [0.1, 0.15) is 30.2 Å². The van der Waals surface area contributed by atoms with Gasteiger partial charge in [-0.25, -0.2) is 0 Å². The van der Waals surface area contributed by atoms with Crippen LogP contribution in [0.3, 0.4) is 0 Å². The van der Waals surface area contributed by atoms with Gasteiger partial charge < -0.3 is 18.9 Å². The van der Waals surface area contributed by atoms with Crippen LogP contribution in [0, 0.1) is 11.8 Å². The van der Waals surface area contributed by atoms with E-state index in [-0.39, 0.29) is 34.6 Å². The monoisotopic (exact) mass is 264 g/mol. The molecule has 0 aromatic rings. The zero-order valence-electron chi connectivity index (χ0n) is 11.8. The van der Waals surface area contributed by atoms with Crippen LogP contribution < -0.4 is 0 Å². The molecular formula is C15H20O4. The topological polar surface area (TPSA) is 36.9 Å². The fraction of sp³-hybridized carbons (Fsp3) is 0.867. The molecule has 4 fully saturated rings. The van der Waals surface area contributed by atoms with Crippen molar-refractivity contribution in [3.05, 3.63) is 12.2 Å². The van der Waals surface area contributed by atoms with E-state index in [4.69, 9.17) is 18.9 Å². The molecule has 0 spiro atoms. The Hall–Kier alpha value is -0.420. The summed E-state index contributed by atoms with van der Waals surface area (Å²) in [5.74, 6) is 0.672. The van der Waals surface area contributed by atoms with Crippen LogP contribution in [0.15, 0.2) is 12.2 Å². The SMILES string of the molecule is CC12C=CC(C)(O1)[C@@H]1[C@H]2[C@]2(C)O[C@@]1(C)[C@H]1OCO[C@H]12. The van der Waals surface area contributed by atoms with Gasteiger partial charge in [-0.3, -0.25) is 0 Å². The second kappa shape index (κ2) is 2.67. The Morgan fingerprint density at radius 2 is 1.26 bits per heavy atom. The van der Waals surface area contributed by atoms with Crippen molar-refractivity contribution >= 4 is 0 Å². The van der Waals surface area contributed by atoms with E-state index < -0.39 is 0 Å². The number of ether oxygens (including phenoxy) is 4. The van der Waals surface area contributed by atoms with Gasteiger partial charge in [-0.15, -0.1) is 0 Å². The Labute approximate surface area is 113 Å². The van der Waals surface area contributed by atoms with Crippen molar-refractivity contribution in [2.24, 2.45) is 11.8 Å². The summed E-state index contributed by atoms with van der Waals surface area (Å²) in [5.41, 5.74) is -1.08. The zero-order chi connectivity index (χ0) is 13.3. The molecule has 0 N–H and O–H groups in total. The van der Waals surface area contributed by atoms with E-state index in [0.717, 1.165) is 0 Å². The van der Waals surface area contributed by atoms with Gasteiger partial charge in [0.25, 0.3) is 0 Å². The minimum atomic E-state index is -0.308. The summed E-state index contributed by atoms with van der Waals surface area (Å²) >= 11 is 0. The van der Waals surface area contributed by atoms with E-state index in [9.17, 15) is 0 Å². The summed E-state index contributed by atoms with van der Waals surface area (Å²) in [6.07, 6.45) is 4.51. The van der Waals surface area contributed by atoms with Crippen LogP contribution in [0.4, 0.5) is 0 Å². The van der Waals surface area contributed by atoms with E-state index in [1.165, 1.54) is 0 Å². The average Bonchev–Trinajstić information content (AvgIpc) is 3.00. The Bertz CT molecular complexity index is 476. The first-order valence-corrected chi connectivity index (χ1v) is 7.17. The standard InChI is InChI=1S/C15H20O4/c1-12-5-6-13(2,18-12)9-8(12)14(3)10-11(17-7-16-10)15(9,4)19-14/h5-6,8-11H,7H2,1-4H3/t8-,9+,10-,11+,12?,13?,14+,15-. The smallest absolute Gasteiger partial charge is 0.148 e. The second-order valence-corrected chi connectivity index (χ2v) is 7.52. The van der Waals surface area contributed by atoms with Gasteiger partial charge in [0.05, 0.1) is 11.2 Å². The molecule has 5 aliphatic heterocycles. The molecule has 5 rings (SSSR count). The maximum atomic E-state index is 6.52. The fourth-order valence-corrected chi connectivity index (χ4v) is 6.03. The lowest BCUT2D eigenvalue weighted by Gasteiger charge is -2.44. The number of fused-ring (bicyclic) bond motifs is 12. The molecule has 0 aromatic heterocycles. The molecular weight excluding hydrogens is 244 g/mol. The molecule has 4 nitrogen and oxygen atoms in total. The van der Waals surface area contributed by atoms with Gasteiger partial charge in [-0.05, 0) is 27.7 Å². The maximum Gasteiger partial charge on any atom is 0.148 e. The molecule has 2 unspecified atom stereocenters. The second-order valence-electron chi connectivity index (χ2n) is 7.52. The molecule has 4 heteroatoms. The third kappa shape index (κ3) is 0.907. The van der Waals surface area contributed by atoms with Gasteiger partial charge in [-0.2, -0.15) is 0 Å². The van der Waals surface area contributed by atoms with Crippen LogP contribution in [-0.2, 0) is 18.9 Å². The molecule has 5 heterocycles. The summed E-state index contributed by atoms with van der Waals surface area (Å²) in [7, 11) is 0. The number of rotatable bonds is 0. The first-order chi connectivity index (χ1) is 8.84. The Balaban J connectivity index is 1.75. The number of hydrogen-bond acceptors (Lipinski definition) is 4. The van der Waals surface area contributed by atoms with Crippen molar-refractivity contribution in [1.29, 1.82) is 0 Å². The average molecular weight is 264 g/mol. The van der Waals surface area contributed by atoms with Crippen molar-refractivity contribution in [2.45, 2.75) is 62.3 Å². The van der Waals surface area contributed by atoms with Crippen molar-refractivity contribution < 1.29 is 18.9 Å². The molecule has 4 saturated heterocycles. The van der Waals surface area contributed by atoms with E-state index in [1.54, 1.807) is 0 Å². The maximum absolute atomic E-state index is 6.52. The van der Waals surface area contributed by atoms with Crippen molar-refractivity contribution in [2.75, 3.05) is 6.79 Å². The molecule has 4 bridgehead atoms. The quantitative estimate of drug-likeness (QED) is 0.623. The molecule has 0 amide bonds. The summed E-state index contributed by atoms with van der Waals surface area (Å²) < 4.78 is 24.6. The van der Waals surface area contributed by atoms with Crippen molar-refractivity contribution in [3.8, 4) is 0 Å². The van der Waals surface area contributed by atoms with Gasteiger partial charge >= 0.3 is 0 Å². The predicted octanol–water partition coefficient (Wildman–Crippen LogP) is 1.64. The molecule has 19 heavy (non-hydrogen) atoms. The van der Waals surface area contributed by atoms with Gasteiger partial charge in [0.2, 0.25) is 0 Å². The molecule has 0 saturated carbocycles. The summed E-state index contributed by atoms with van der Waals surface area (Å²) in [6.45, 7) is 9.13. The van der Waals surface area contributed by atoms with E-state index >= 15 is 0 Å². The normalized spacial score (nSPS) is 71.8. The lowest BCUT2D eigenvalue weighted by Crippen LogP contribution is -2.60. The van der Waals surface area contributed by atoms with Crippen LogP contribution in [0.1, 0.15) is 27.7 Å². The first-order valence-electron chi connectivity index (χ1n) is 7.17. The Morgan fingerprint density at radius 3 is 1.74 bits per heavy atom. The molecule has 0 radical (unpaired) electrons. The van der Waals surface area contributed by atoms with Crippen LogP contribution in [0.5, 0.6) is 0 Å². The summed E-state index contributed by atoms with van der Waals surface area (Å²) in [4.78, 5) is 0. The lowest BCUT2D eigenvalue weighted by molar-refractivity contribution is -0.167. The summed E-state index contributed by atoms with van der Waals surface area (Å²) in [5, 5.41) is 0. The van der Waals surface area contributed by atoms with E-state index in [1.807, 2.05) is 0 Å². The van der Waals surface area contributed by atoms with E-state index in [0.29, 0.717) is 18.6 Å². The van der Waals surface area contributed by atoms with Crippen molar-refractivity contribution in [1.82, 2.24) is 0 Å². The molecule has 8 atom stereocenters. The first kappa shape index (κ1) is 11.3. The van der Waals surface area contributed by atoms with Crippen molar-refractivity contribution in [3.63, 3.8) is 0 Å². The fourth-order valence-electron chi connectivity index (χ4n) is 6.03. The van der Waals surface area contributed by atoms with Crippen LogP contribution >= 0.6 is 0 Å². The van der Waals surface area contributed by atoms with Crippen LogP contribution in [-0.4, -0.2) is 41.4 Å². The third-order valence-corrected chi connectivity index (χ3v) is 6.33. The minimum Gasteiger partial charge on any atom is -0.363 e. The highest BCUT2D eigenvalue weighted by molar-refractivity contribution is 5.39. The van der Waals surface area contributed by atoms with Gasteiger partial charge in [0, 0.05) is 11.8 Å². The highest BCUT2D eigenvalue weighted by Crippen LogP contribution is 2.72. The Kier molecular flexibility index (Phi) is 1.58. The third-order valence-electron chi connectivity index (χ3n) is 6.33. The predicted molar refractivity (Wildman–Crippen MR) is 66.5 cm³/mol. The van der Waals surface area contributed by atoms with Gasteiger partial charge in [0.15, 0.2) is 0 Å². The molecule has 5 aliphatic rings. The summed E-state index contributed by atoms with van der Waals surface area (Å²) in [6, 6.07) is 0. The highest BCUT2D eigenvalue weighted by Gasteiger charge is 2.84. The van der Waals surface area contributed by atoms with Crippen LogP contribution in [0.2, 0.25) is 0 Å². The highest BCUT2D eigenvalue weighted by atomic mass is 16.8. The zero-order valence-corrected chi connectivity index (χ0v) is 11.8. The minimum absolute atomic E-state index is 0.0375. The van der Waals surface area contributed by atoms with E-state index in [2.05, 4.69) is 39.8 Å². The lowest BCUT2D eigenvalue weighted by atomic mass is 9.56. The van der Waals surface area contributed by atoms with Gasteiger partial charge in [-0.1, -0.05) is 12.2 Å². The largest absolute Gasteiger partial charge is 0.363 e.